The third kappa shape index (κ3) is 8.21. The second-order valence-corrected chi connectivity index (χ2v) is 5.77. The number of benzene rings is 1. The van der Waals surface area contributed by atoms with Crippen LogP contribution in [0.5, 0.6) is 5.75 Å². The molecule has 0 spiro atoms. The van der Waals surface area contributed by atoms with Gasteiger partial charge in [0.1, 0.15) is 5.75 Å². The number of rotatable bonds is 11. The smallest absolute Gasteiger partial charge is 0.119 e. The van der Waals surface area contributed by atoms with E-state index in [2.05, 4.69) is 26.0 Å². The molecule has 1 atom stereocenters. The number of aryl methyl sites for hydroxylation is 1. The van der Waals surface area contributed by atoms with Crippen LogP contribution in [0.1, 0.15) is 63.9 Å². The highest BCUT2D eigenvalue weighted by Gasteiger charge is 2.03. The fourth-order valence-electron chi connectivity index (χ4n) is 2.36. The Bertz CT molecular complexity index is 351. The lowest BCUT2D eigenvalue weighted by atomic mass is 10.0. The van der Waals surface area contributed by atoms with Crippen LogP contribution in [0.4, 0.5) is 0 Å². The summed E-state index contributed by atoms with van der Waals surface area (Å²) in [5.41, 5.74) is 7.36. The Hall–Kier alpha value is -1.02. The van der Waals surface area contributed by atoms with Gasteiger partial charge in [-0.3, -0.25) is 0 Å². The number of unbranched alkanes of at least 4 members (excludes halogenated alkanes) is 5. The van der Waals surface area contributed by atoms with Crippen molar-refractivity contribution in [2.45, 2.75) is 71.3 Å². The van der Waals surface area contributed by atoms with Crippen LogP contribution < -0.4 is 10.5 Å². The van der Waals surface area contributed by atoms with E-state index >= 15 is 0 Å². The summed E-state index contributed by atoms with van der Waals surface area (Å²) in [6.07, 6.45) is 10.1. The van der Waals surface area contributed by atoms with Gasteiger partial charge in [-0.25, -0.2) is 0 Å². The molecule has 2 nitrogen and oxygen atoms in total. The molecule has 0 heterocycles. The van der Waals surface area contributed by atoms with Crippen molar-refractivity contribution in [1.29, 1.82) is 0 Å². The molecule has 0 aliphatic heterocycles. The first kappa shape index (κ1) is 17.0. The van der Waals surface area contributed by atoms with E-state index < -0.39 is 0 Å². The average molecular weight is 277 g/mol. The minimum Gasteiger partial charge on any atom is -0.494 e. The van der Waals surface area contributed by atoms with Gasteiger partial charge < -0.3 is 10.5 Å². The fraction of sp³-hybridized carbons (Fsp3) is 0.667. The van der Waals surface area contributed by atoms with E-state index in [0.717, 1.165) is 25.2 Å². The Morgan fingerprint density at radius 2 is 1.80 bits per heavy atom. The zero-order chi connectivity index (χ0) is 14.6. The second kappa shape index (κ2) is 10.7. The molecule has 0 aliphatic rings. The van der Waals surface area contributed by atoms with Crippen molar-refractivity contribution >= 4 is 0 Å². The molecule has 2 N–H and O–H groups in total. The molecule has 2 heteroatoms. The van der Waals surface area contributed by atoms with Crippen LogP contribution in [-0.2, 0) is 0 Å². The van der Waals surface area contributed by atoms with Gasteiger partial charge >= 0.3 is 0 Å². The van der Waals surface area contributed by atoms with Crippen LogP contribution in [0, 0.1) is 6.92 Å². The molecular weight excluding hydrogens is 246 g/mol. The van der Waals surface area contributed by atoms with E-state index in [1.54, 1.807) is 0 Å². The van der Waals surface area contributed by atoms with Crippen LogP contribution >= 0.6 is 0 Å². The van der Waals surface area contributed by atoms with Crippen LogP contribution in [0.3, 0.4) is 0 Å². The van der Waals surface area contributed by atoms with Gasteiger partial charge in [0.25, 0.3) is 0 Å². The highest BCUT2D eigenvalue weighted by molar-refractivity contribution is 5.27. The fourth-order valence-corrected chi connectivity index (χ4v) is 2.36. The van der Waals surface area contributed by atoms with Gasteiger partial charge in [0.2, 0.25) is 0 Å². The largest absolute Gasteiger partial charge is 0.494 e. The summed E-state index contributed by atoms with van der Waals surface area (Å²) in [7, 11) is 0. The zero-order valence-electron chi connectivity index (χ0n) is 13.2. The van der Waals surface area contributed by atoms with E-state index in [1.165, 1.54) is 44.1 Å². The highest BCUT2D eigenvalue weighted by Crippen LogP contribution is 2.13. The van der Waals surface area contributed by atoms with Crippen molar-refractivity contribution in [3.63, 3.8) is 0 Å². The molecular formula is C18H31NO. The van der Waals surface area contributed by atoms with Gasteiger partial charge in [0.05, 0.1) is 6.61 Å². The van der Waals surface area contributed by atoms with Crippen molar-refractivity contribution in [3.05, 3.63) is 29.8 Å². The summed E-state index contributed by atoms with van der Waals surface area (Å²) < 4.78 is 5.74. The maximum Gasteiger partial charge on any atom is 0.119 e. The first-order chi connectivity index (χ1) is 9.72. The monoisotopic (exact) mass is 277 g/mol. The van der Waals surface area contributed by atoms with Crippen molar-refractivity contribution in [3.8, 4) is 5.75 Å². The molecule has 0 saturated carbocycles. The standard InChI is InChI=1S/C18H31NO/c1-3-4-5-6-7-8-11-17(19)13-14-20-18-12-9-10-16(2)15-18/h9-10,12,15,17H,3-8,11,13-14,19H2,1-2H3. The molecule has 0 aromatic heterocycles. The van der Waals surface area contributed by atoms with Gasteiger partial charge in [0.15, 0.2) is 0 Å². The first-order valence-electron chi connectivity index (χ1n) is 8.17. The minimum absolute atomic E-state index is 0.283. The van der Waals surface area contributed by atoms with Crippen molar-refractivity contribution in [1.82, 2.24) is 0 Å². The Morgan fingerprint density at radius 3 is 2.55 bits per heavy atom. The van der Waals surface area contributed by atoms with Gasteiger partial charge in [0, 0.05) is 6.04 Å². The Balaban J connectivity index is 2.01. The van der Waals surface area contributed by atoms with Crippen LogP contribution in [0.15, 0.2) is 24.3 Å². The molecule has 0 radical (unpaired) electrons. The molecule has 1 aromatic carbocycles. The molecule has 1 unspecified atom stereocenters. The average Bonchev–Trinajstić information content (AvgIpc) is 2.43. The van der Waals surface area contributed by atoms with Crippen LogP contribution in [-0.4, -0.2) is 12.6 Å². The van der Waals surface area contributed by atoms with E-state index in [1.807, 2.05) is 12.1 Å². The second-order valence-electron chi connectivity index (χ2n) is 5.77. The number of hydrogen-bond acceptors (Lipinski definition) is 2. The zero-order valence-corrected chi connectivity index (χ0v) is 13.2. The summed E-state index contributed by atoms with van der Waals surface area (Å²) in [4.78, 5) is 0. The predicted octanol–water partition coefficient (Wildman–Crippen LogP) is 4.84. The molecule has 0 bridgehead atoms. The van der Waals surface area contributed by atoms with E-state index in [0.29, 0.717) is 0 Å². The van der Waals surface area contributed by atoms with Gasteiger partial charge in [-0.15, -0.1) is 0 Å². The summed E-state index contributed by atoms with van der Waals surface area (Å²) in [6.45, 7) is 5.06. The Morgan fingerprint density at radius 1 is 1.05 bits per heavy atom. The maximum absolute atomic E-state index is 6.13. The molecule has 0 fully saturated rings. The SMILES string of the molecule is CCCCCCCCC(N)CCOc1cccc(C)c1. The van der Waals surface area contributed by atoms with E-state index in [9.17, 15) is 0 Å². The van der Waals surface area contributed by atoms with Crippen molar-refractivity contribution < 1.29 is 4.74 Å². The van der Waals surface area contributed by atoms with Gasteiger partial charge in [-0.1, -0.05) is 57.6 Å². The molecule has 1 aromatic rings. The molecule has 0 amide bonds. The van der Waals surface area contributed by atoms with Gasteiger partial charge in [-0.2, -0.15) is 0 Å². The molecule has 114 valence electrons. The lowest BCUT2D eigenvalue weighted by Crippen LogP contribution is -2.22. The van der Waals surface area contributed by atoms with Crippen LogP contribution in [0.2, 0.25) is 0 Å². The van der Waals surface area contributed by atoms with E-state index in [-0.39, 0.29) is 6.04 Å². The number of ether oxygens (including phenoxy) is 1. The summed E-state index contributed by atoms with van der Waals surface area (Å²) >= 11 is 0. The highest BCUT2D eigenvalue weighted by atomic mass is 16.5. The van der Waals surface area contributed by atoms with Crippen LogP contribution in [0.25, 0.3) is 0 Å². The topological polar surface area (TPSA) is 35.2 Å². The number of hydrogen-bond donors (Lipinski definition) is 1. The van der Waals surface area contributed by atoms with Gasteiger partial charge in [-0.05, 0) is 37.5 Å². The molecule has 0 saturated heterocycles. The number of nitrogens with two attached hydrogens (primary N) is 1. The summed E-state index contributed by atoms with van der Waals surface area (Å²) in [5.74, 6) is 0.955. The molecule has 0 aliphatic carbocycles. The maximum atomic E-state index is 6.13. The van der Waals surface area contributed by atoms with Crippen molar-refractivity contribution in [2.75, 3.05) is 6.61 Å². The molecule has 20 heavy (non-hydrogen) atoms. The lowest BCUT2D eigenvalue weighted by Gasteiger charge is -2.12. The predicted molar refractivity (Wildman–Crippen MR) is 87.3 cm³/mol. The first-order valence-corrected chi connectivity index (χ1v) is 8.17. The quantitative estimate of drug-likeness (QED) is 0.587. The summed E-state index contributed by atoms with van der Waals surface area (Å²) in [5, 5.41) is 0. The third-order valence-electron chi connectivity index (χ3n) is 3.68. The normalized spacial score (nSPS) is 12.3. The molecule has 1 rings (SSSR count). The Labute approximate surface area is 124 Å². The van der Waals surface area contributed by atoms with E-state index in [4.69, 9.17) is 10.5 Å². The minimum atomic E-state index is 0.283. The lowest BCUT2D eigenvalue weighted by molar-refractivity contribution is 0.293. The Kier molecular flexibility index (Phi) is 9.14. The van der Waals surface area contributed by atoms with Crippen molar-refractivity contribution in [2.24, 2.45) is 5.73 Å². The third-order valence-corrected chi connectivity index (χ3v) is 3.68. The summed E-state index contributed by atoms with van der Waals surface area (Å²) in [6, 6.07) is 8.47.